The zero-order chi connectivity index (χ0) is 12.7. The first-order valence-electron chi connectivity index (χ1n) is 5.80. The van der Waals surface area contributed by atoms with E-state index in [9.17, 15) is 4.79 Å². The van der Waals surface area contributed by atoms with Crippen molar-refractivity contribution in [3.8, 4) is 11.3 Å². The van der Waals surface area contributed by atoms with Gasteiger partial charge in [0.2, 0.25) is 0 Å². The van der Waals surface area contributed by atoms with Crippen LogP contribution in [0.4, 0.5) is 0 Å². The van der Waals surface area contributed by atoms with E-state index in [4.69, 9.17) is 0 Å². The van der Waals surface area contributed by atoms with E-state index in [1.807, 2.05) is 31.2 Å². The van der Waals surface area contributed by atoms with Gasteiger partial charge in [0.25, 0.3) is 0 Å². The van der Waals surface area contributed by atoms with E-state index < -0.39 is 0 Å². The van der Waals surface area contributed by atoms with E-state index in [-0.39, 0.29) is 5.78 Å². The van der Waals surface area contributed by atoms with Crippen LogP contribution in [0.3, 0.4) is 0 Å². The third-order valence-electron chi connectivity index (χ3n) is 3.16. The lowest BCUT2D eigenvalue weighted by molar-refractivity contribution is 0.101. The zero-order valence-electron chi connectivity index (χ0n) is 10.2. The fourth-order valence-electron chi connectivity index (χ4n) is 2.30. The maximum absolute atomic E-state index is 11.8. The van der Waals surface area contributed by atoms with Gasteiger partial charge in [-0.05, 0) is 18.6 Å². The van der Waals surface area contributed by atoms with Crippen LogP contribution in [-0.2, 0) is 0 Å². The molecule has 2 N–H and O–H groups in total. The number of nitrogens with one attached hydrogen (secondary N) is 2. The first-order valence-corrected chi connectivity index (χ1v) is 5.80. The second-order valence-electron chi connectivity index (χ2n) is 4.40. The van der Waals surface area contributed by atoms with Gasteiger partial charge in [0.15, 0.2) is 5.78 Å². The van der Waals surface area contributed by atoms with Crippen LogP contribution in [0.5, 0.6) is 0 Å². The highest BCUT2D eigenvalue weighted by molar-refractivity contribution is 6.09. The molecule has 0 atom stereocenters. The summed E-state index contributed by atoms with van der Waals surface area (Å²) in [6.07, 6.45) is 1.69. The molecule has 90 valence electrons. The van der Waals surface area contributed by atoms with E-state index in [0.29, 0.717) is 5.69 Å². The van der Waals surface area contributed by atoms with Crippen molar-refractivity contribution in [2.45, 2.75) is 13.8 Å². The molecule has 0 aliphatic rings. The SMILES string of the molecule is CC(=O)c1[nH]c2c(C)cccc2c1-c1ccn[nH]1. The van der Waals surface area contributed by atoms with Crippen LogP contribution in [0.2, 0.25) is 0 Å². The summed E-state index contributed by atoms with van der Waals surface area (Å²) in [5, 5.41) is 7.93. The molecule has 0 amide bonds. The molecular weight excluding hydrogens is 226 g/mol. The first-order chi connectivity index (χ1) is 8.68. The van der Waals surface area contributed by atoms with Crippen molar-refractivity contribution in [1.82, 2.24) is 15.2 Å². The Labute approximate surface area is 104 Å². The molecule has 2 heterocycles. The molecule has 3 rings (SSSR count). The molecule has 4 heteroatoms. The maximum atomic E-state index is 11.8. The summed E-state index contributed by atoms with van der Waals surface area (Å²) in [5.74, 6) is 0.0233. The van der Waals surface area contributed by atoms with Gasteiger partial charge < -0.3 is 4.98 Å². The summed E-state index contributed by atoms with van der Waals surface area (Å²) in [6, 6.07) is 7.91. The molecule has 3 aromatic rings. The molecule has 4 nitrogen and oxygen atoms in total. The zero-order valence-corrected chi connectivity index (χ0v) is 10.2. The molecule has 18 heavy (non-hydrogen) atoms. The van der Waals surface area contributed by atoms with Crippen molar-refractivity contribution in [2.75, 3.05) is 0 Å². The number of carbonyl (C=O) groups is 1. The highest BCUT2D eigenvalue weighted by Crippen LogP contribution is 2.32. The van der Waals surface area contributed by atoms with Crippen LogP contribution in [0.25, 0.3) is 22.2 Å². The van der Waals surface area contributed by atoms with Crippen LogP contribution >= 0.6 is 0 Å². The third kappa shape index (κ3) is 1.46. The Morgan fingerprint density at radius 2 is 2.11 bits per heavy atom. The molecule has 0 spiro atoms. The summed E-state index contributed by atoms with van der Waals surface area (Å²) < 4.78 is 0. The molecule has 2 aromatic heterocycles. The average Bonchev–Trinajstić information content (AvgIpc) is 2.94. The number of Topliss-reactive ketones (excluding diaryl/α,β-unsaturated/α-hetero) is 1. The second-order valence-corrected chi connectivity index (χ2v) is 4.40. The number of nitrogens with zero attached hydrogens (tertiary/aromatic N) is 1. The summed E-state index contributed by atoms with van der Waals surface area (Å²) >= 11 is 0. The Kier molecular flexibility index (Phi) is 2.30. The lowest BCUT2D eigenvalue weighted by Gasteiger charge is -1.98. The van der Waals surface area contributed by atoms with E-state index in [1.54, 1.807) is 13.1 Å². The van der Waals surface area contributed by atoms with Crippen LogP contribution in [0.1, 0.15) is 23.0 Å². The molecule has 0 saturated carbocycles. The smallest absolute Gasteiger partial charge is 0.176 e. The summed E-state index contributed by atoms with van der Waals surface area (Å²) in [4.78, 5) is 15.0. The van der Waals surface area contributed by atoms with Gasteiger partial charge in [-0.15, -0.1) is 0 Å². The monoisotopic (exact) mass is 239 g/mol. The quantitative estimate of drug-likeness (QED) is 0.675. The molecule has 0 radical (unpaired) electrons. The highest BCUT2D eigenvalue weighted by Gasteiger charge is 2.17. The van der Waals surface area contributed by atoms with Gasteiger partial charge in [-0.2, -0.15) is 5.10 Å². The van der Waals surface area contributed by atoms with E-state index in [0.717, 1.165) is 27.7 Å². The summed E-state index contributed by atoms with van der Waals surface area (Å²) in [6.45, 7) is 3.60. The number of aromatic amines is 2. The predicted molar refractivity (Wildman–Crippen MR) is 70.6 cm³/mol. The Hall–Kier alpha value is -2.36. The number of benzene rings is 1. The van der Waals surface area contributed by atoms with Crippen molar-refractivity contribution in [3.63, 3.8) is 0 Å². The molecule has 0 aliphatic heterocycles. The van der Waals surface area contributed by atoms with Crippen LogP contribution in [-0.4, -0.2) is 21.0 Å². The Balaban J connectivity index is 2.44. The molecule has 0 fully saturated rings. The fraction of sp³-hybridized carbons (Fsp3) is 0.143. The number of carbonyl (C=O) groups excluding carboxylic acids is 1. The maximum Gasteiger partial charge on any atom is 0.176 e. The first kappa shape index (κ1) is 10.8. The number of rotatable bonds is 2. The minimum absolute atomic E-state index is 0.0233. The number of ketones is 1. The minimum atomic E-state index is 0.0233. The standard InChI is InChI=1S/C14H13N3O/c1-8-4-3-5-10-12(11-6-7-15-17-11)14(9(2)18)16-13(8)10/h3-7,16H,1-2H3,(H,15,17). The van der Waals surface area contributed by atoms with Crippen LogP contribution in [0.15, 0.2) is 30.5 Å². The van der Waals surface area contributed by atoms with Gasteiger partial charge in [0, 0.05) is 29.6 Å². The van der Waals surface area contributed by atoms with E-state index in [2.05, 4.69) is 15.2 Å². The molecule has 1 aromatic carbocycles. The van der Waals surface area contributed by atoms with Gasteiger partial charge in [-0.25, -0.2) is 0 Å². The third-order valence-corrected chi connectivity index (χ3v) is 3.16. The lowest BCUT2D eigenvalue weighted by atomic mass is 10.0. The largest absolute Gasteiger partial charge is 0.351 e. The van der Waals surface area contributed by atoms with Crippen molar-refractivity contribution >= 4 is 16.7 Å². The van der Waals surface area contributed by atoms with E-state index >= 15 is 0 Å². The lowest BCUT2D eigenvalue weighted by Crippen LogP contribution is -1.95. The van der Waals surface area contributed by atoms with Gasteiger partial charge in [-0.3, -0.25) is 9.89 Å². The van der Waals surface area contributed by atoms with Crippen molar-refractivity contribution in [2.24, 2.45) is 0 Å². The van der Waals surface area contributed by atoms with Crippen molar-refractivity contribution < 1.29 is 4.79 Å². The minimum Gasteiger partial charge on any atom is -0.351 e. The van der Waals surface area contributed by atoms with Crippen molar-refractivity contribution in [1.29, 1.82) is 0 Å². The summed E-state index contributed by atoms with van der Waals surface area (Å²) in [5.41, 5.74) is 4.52. The van der Waals surface area contributed by atoms with Crippen LogP contribution < -0.4 is 0 Å². The molecule has 0 unspecified atom stereocenters. The number of H-pyrrole nitrogens is 2. The van der Waals surface area contributed by atoms with Gasteiger partial charge in [-0.1, -0.05) is 18.2 Å². The Morgan fingerprint density at radius 3 is 2.78 bits per heavy atom. The number of aryl methyl sites for hydroxylation is 1. The normalized spacial score (nSPS) is 11.0. The Morgan fingerprint density at radius 1 is 1.28 bits per heavy atom. The number of aromatic nitrogens is 3. The van der Waals surface area contributed by atoms with Gasteiger partial charge in [0.05, 0.1) is 11.4 Å². The van der Waals surface area contributed by atoms with Gasteiger partial charge in [0.1, 0.15) is 0 Å². The topological polar surface area (TPSA) is 61.5 Å². The average molecular weight is 239 g/mol. The molecule has 0 aliphatic carbocycles. The number of para-hydroxylation sites is 1. The molecule has 0 saturated heterocycles. The Bertz CT molecular complexity index is 723. The highest BCUT2D eigenvalue weighted by atomic mass is 16.1. The molecule has 0 bridgehead atoms. The second kappa shape index (κ2) is 3.84. The number of hydrogen-bond acceptors (Lipinski definition) is 2. The van der Waals surface area contributed by atoms with Crippen LogP contribution in [0, 0.1) is 6.92 Å². The van der Waals surface area contributed by atoms with E-state index in [1.165, 1.54) is 0 Å². The number of fused-ring (bicyclic) bond motifs is 1. The molecular formula is C14H13N3O. The fourth-order valence-corrected chi connectivity index (χ4v) is 2.30. The summed E-state index contributed by atoms with van der Waals surface area (Å²) in [7, 11) is 0. The number of hydrogen-bond donors (Lipinski definition) is 2. The van der Waals surface area contributed by atoms with Crippen molar-refractivity contribution in [3.05, 3.63) is 41.7 Å². The predicted octanol–water partition coefficient (Wildman–Crippen LogP) is 3.07. The van der Waals surface area contributed by atoms with Gasteiger partial charge >= 0.3 is 0 Å².